The Kier molecular flexibility index (Phi) is 4.52. The van der Waals surface area contributed by atoms with Crippen molar-refractivity contribution in [3.8, 4) is 11.5 Å². The Balaban J connectivity index is 2.28. The van der Waals surface area contributed by atoms with Crippen LogP contribution in [0.3, 0.4) is 0 Å². The van der Waals surface area contributed by atoms with Crippen LogP contribution in [0.1, 0.15) is 6.42 Å². The monoisotopic (exact) mass is 300 g/mol. The van der Waals surface area contributed by atoms with Crippen LogP contribution >= 0.6 is 0 Å². The SMILES string of the molecule is COc1ccc(OC)c(S(=O)(=O)NC2CCN(C)C2)c1. The zero-order chi connectivity index (χ0) is 14.8. The van der Waals surface area contributed by atoms with Gasteiger partial charge in [0.1, 0.15) is 16.4 Å². The summed E-state index contributed by atoms with van der Waals surface area (Å²) in [6.07, 6.45) is 0.808. The first-order valence-electron chi connectivity index (χ1n) is 6.39. The van der Waals surface area contributed by atoms with E-state index in [9.17, 15) is 8.42 Å². The summed E-state index contributed by atoms with van der Waals surface area (Å²) in [6.45, 7) is 1.61. The van der Waals surface area contributed by atoms with E-state index in [1.807, 2.05) is 7.05 Å². The second kappa shape index (κ2) is 5.99. The van der Waals surface area contributed by atoms with Crippen molar-refractivity contribution >= 4 is 10.0 Å². The maximum atomic E-state index is 12.5. The Morgan fingerprint density at radius 3 is 2.60 bits per heavy atom. The van der Waals surface area contributed by atoms with Crippen LogP contribution in [-0.2, 0) is 10.0 Å². The van der Waals surface area contributed by atoms with E-state index in [0.717, 1.165) is 13.0 Å². The lowest BCUT2D eigenvalue weighted by Crippen LogP contribution is -2.36. The summed E-state index contributed by atoms with van der Waals surface area (Å²) >= 11 is 0. The molecule has 1 aromatic carbocycles. The average molecular weight is 300 g/mol. The maximum Gasteiger partial charge on any atom is 0.244 e. The topological polar surface area (TPSA) is 67.9 Å². The summed E-state index contributed by atoms with van der Waals surface area (Å²) in [7, 11) is 1.29. The van der Waals surface area contributed by atoms with Crippen LogP contribution in [0.2, 0.25) is 0 Å². The van der Waals surface area contributed by atoms with Crippen molar-refractivity contribution in [1.29, 1.82) is 0 Å². The first-order chi connectivity index (χ1) is 9.46. The van der Waals surface area contributed by atoms with Gasteiger partial charge in [0.15, 0.2) is 0 Å². The summed E-state index contributed by atoms with van der Waals surface area (Å²) < 4.78 is 37.9. The molecule has 20 heavy (non-hydrogen) atoms. The molecule has 0 spiro atoms. The fourth-order valence-corrected chi connectivity index (χ4v) is 3.75. The Morgan fingerprint density at radius 2 is 2.05 bits per heavy atom. The highest BCUT2D eigenvalue weighted by atomic mass is 32.2. The van der Waals surface area contributed by atoms with E-state index < -0.39 is 10.0 Å². The van der Waals surface area contributed by atoms with Gasteiger partial charge in [-0.2, -0.15) is 0 Å². The van der Waals surface area contributed by atoms with E-state index in [1.165, 1.54) is 20.3 Å². The van der Waals surface area contributed by atoms with Gasteiger partial charge in [0, 0.05) is 18.7 Å². The summed E-state index contributed by atoms with van der Waals surface area (Å²) in [5.41, 5.74) is 0. The Bertz CT molecular complexity index is 574. The molecule has 1 aromatic rings. The fourth-order valence-electron chi connectivity index (χ4n) is 2.31. The molecule has 7 heteroatoms. The number of ether oxygens (including phenoxy) is 2. The predicted octanol–water partition coefficient (Wildman–Crippen LogP) is 0.686. The molecule has 1 N–H and O–H groups in total. The van der Waals surface area contributed by atoms with Crippen LogP contribution in [0.15, 0.2) is 23.1 Å². The van der Waals surface area contributed by atoms with Crippen molar-refractivity contribution in [2.45, 2.75) is 17.4 Å². The summed E-state index contributed by atoms with van der Waals surface area (Å²) in [5, 5.41) is 0. The van der Waals surface area contributed by atoms with Gasteiger partial charge in [0.05, 0.1) is 14.2 Å². The highest BCUT2D eigenvalue weighted by Gasteiger charge is 2.27. The molecule has 1 unspecified atom stereocenters. The minimum absolute atomic E-state index is 0.0686. The maximum absolute atomic E-state index is 12.5. The molecule has 1 aliphatic heterocycles. The average Bonchev–Trinajstić information content (AvgIpc) is 2.82. The van der Waals surface area contributed by atoms with Gasteiger partial charge in [-0.3, -0.25) is 0 Å². The molecule has 0 saturated carbocycles. The molecule has 0 amide bonds. The third-order valence-electron chi connectivity index (χ3n) is 3.37. The molecule has 112 valence electrons. The predicted molar refractivity (Wildman–Crippen MR) is 75.8 cm³/mol. The number of nitrogens with zero attached hydrogens (tertiary/aromatic N) is 1. The summed E-state index contributed by atoms with van der Waals surface area (Å²) in [6, 6.07) is 4.66. The first-order valence-corrected chi connectivity index (χ1v) is 7.87. The lowest BCUT2D eigenvalue weighted by atomic mass is 10.3. The molecule has 1 aliphatic rings. The molecule has 6 nitrogen and oxygen atoms in total. The second-order valence-electron chi connectivity index (χ2n) is 4.89. The van der Waals surface area contributed by atoms with Gasteiger partial charge in [0.2, 0.25) is 10.0 Å². The van der Waals surface area contributed by atoms with Crippen LogP contribution in [-0.4, -0.2) is 53.7 Å². The largest absolute Gasteiger partial charge is 0.497 e. The van der Waals surface area contributed by atoms with Crippen molar-refractivity contribution in [3.63, 3.8) is 0 Å². The number of nitrogens with one attached hydrogen (secondary N) is 1. The van der Waals surface area contributed by atoms with E-state index in [2.05, 4.69) is 9.62 Å². The molecule has 0 aromatic heterocycles. The Labute approximate surface area is 119 Å². The smallest absolute Gasteiger partial charge is 0.244 e. The number of methoxy groups -OCH3 is 2. The number of hydrogen-bond acceptors (Lipinski definition) is 5. The second-order valence-corrected chi connectivity index (χ2v) is 6.57. The molecular weight excluding hydrogens is 280 g/mol. The molecule has 1 heterocycles. The standard InChI is InChI=1S/C13H20N2O4S/c1-15-7-6-10(9-15)14-20(16,17)13-8-11(18-2)4-5-12(13)19-3/h4-5,8,10,14H,6-7,9H2,1-3H3. The molecular formula is C13H20N2O4S. The molecule has 2 rings (SSSR count). The molecule has 1 saturated heterocycles. The molecule has 0 aliphatic carbocycles. The highest BCUT2D eigenvalue weighted by molar-refractivity contribution is 7.89. The number of benzene rings is 1. The van der Waals surface area contributed by atoms with Crippen molar-refractivity contribution in [2.24, 2.45) is 0 Å². The minimum Gasteiger partial charge on any atom is -0.497 e. The molecule has 1 fully saturated rings. The molecule has 0 bridgehead atoms. The van der Waals surface area contributed by atoms with Crippen LogP contribution in [0, 0.1) is 0 Å². The minimum atomic E-state index is -3.62. The fraction of sp³-hybridized carbons (Fsp3) is 0.538. The van der Waals surface area contributed by atoms with Crippen molar-refractivity contribution < 1.29 is 17.9 Å². The highest BCUT2D eigenvalue weighted by Crippen LogP contribution is 2.28. The lowest BCUT2D eigenvalue weighted by molar-refractivity contribution is 0.391. The number of likely N-dealkylation sites (tertiary alicyclic amines) is 1. The van der Waals surface area contributed by atoms with Crippen LogP contribution in [0.4, 0.5) is 0 Å². The third kappa shape index (κ3) is 3.23. The number of rotatable bonds is 5. The molecule has 0 radical (unpaired) electrons. The van der Waals surface area contributed by atoms with E-state index in [0.29, 0.717) is 18.0 Å². The number of sulfonamides is 1. The van der Waals surface area contributed by atoms with Crippen molar-refractivity contribution in [3.05, 3.63) is 18.2 Å². The third-order valence-corrected chi connectivity index (χ3v) is 4.92. The van der Waals surface area contributed by atoms with Gasteiger partial charge in [-0.1, -0.05) is 0 Å². The molecule has 1 atom stereocenters. The lowest BCUT2D eigenvalue weighted by Gasteiger charge is -2.16. The Hall–Kier alpha value is -1.31. The Morgan fingerprint density at radius 1 is 1.30 bits per heavy atom. The number of hydrogen-bond donors (Lipinski definition) is 1. The zero-order valence-electron chi connectivity index (χ0n) is 11.9. The van der Waals surface area contributed by atoms with Crippen LogP contribution < -0.4 is 14.2 Å². The van der Waals surface area contributed by atoms with Crippen LogP contribution in [0.5, 0.6) is 11.5 Å². The zero-order valence-corrected chi connectivity index (χ0v) is 12.7. The normalized spacial score (nSPS) is 20.1. The number of likely N-dealkylation sites (N-methyl/N-ethyl adjacent to an activating group) is 1. The van der Waals surface area contributed by atoms with E-state index >= 15 is 0 Å². The van der Waals surface area contributed by atoms with E-state index in [1.54, 1.807) is 12.1 Å². The van der Waals surface area contributed by atoms with E-state index in [-0.39, 0.29) is 10.9 Å². The van der Waals surface area contributed by atoms with Gasteiger partial charge in [-0.25, -0.2) is 13.1 Å². The van der Waals surface area contributed by atoms with Crippen LogP contribution in [0.25, 0.3) is 0 Å². The van der Waals surface area contributed by atoms with Crippen molar-refractivity contribution in [2.75, 3.05) is 34.4 Å². The van der Waals surface area contributed by atoms with Gasteiger partial charge in [-0.15, -0.1) is 0 Å². The van der Waals surface area contributed by atoms with Gasteiger partial charge < -0.3 is 14.4 Å². The summed E-state index contributed by atoms with van der Waals surface area (Å²) in [4.78, 5) is 2.20. The van der Waals surface area contributed by atoms with Crippen molar-refractivity contribution in [1.82, 2.24) is 9.62 Å². The van der Waals surface area contributed by atoms with Gasteiger partial charge in [-0.05, 0) is 32.1 Å². The van der Waals surface area contributed by atoms with E-state index in [4.69, 9.17) is 9.47 Å². The van der Waals surface area contributed by atoms with Gasteiger partial charge in [0.25, 0.3) is 0 Å². The first kappa shape index (κ1) is 15.1. The summed E-state index contributed by atoms with van der Waals surface area (Å²) in [5.74, 6) is 0.791. The van der Waals surface area contributed by atoms with Gasteiger partial charge >= 0.3 is 0 Å². The quantitative estimate of drug-likeness (QED) is 0.866.